The highest BCUT2D eigenvalue weighted by atomic mass is 79.9. The average molecular weight is 494 g/mol. The zero-order valence-corrected chi connectivity index (χ0v) is 19.1. The van der Waals surface area contributed by atoms with Gasteiger partial charge in [0, 0.05) is 32.9 Å². The van der Waals surface area contributed by atoms with E-state index < -0.39 is 5.69 Å². The molecule has 9 heteroatoms. The second kappa shape index (κ2) is 7.51. The number of halogens is 1. The molecular weight excluding hydrogens is 478 g/mol. The van der Waals surface area contributed by atoms with Crippen molar-refractivity contribution in [3.8, 4) is 11.4 Å². The van der Waals surface area contributed by atoms with E-state index in [0.29, 0.717) is 17.0 Å². The summed E-state index contributed by atoms with van der Waals surface area (Å²) in [6, 6.07) is 10.8. The number of Topliss-reactive ketones (excluding diaryl/α,β-unsaturated/α-hetero) is 1. The Labute approximate surface area is 189 Å². The van der Waals surface area contributed by atoms with Crippen LogP contribution in [-0.2, 0) is 6.54 Å². The summed E-state index contributed by atoms with van der Waals surface area (Å²) in [4.78, 5) is 36.9. The molecule has 0 radical (unpaired) electrons. The van der Waals surface area contributed by atoms with Crippen molar-refractivity contribution in [2.24, 2.45) is 0 Å². The maximum absolute atomic E-state index is 13.4. The zero-order valence-electron chi connectivity index (χ0n) is 16.7. The molecule has 0 fully saturated rings. The molecule has 0 saturated carbocycles. The van der Waals surface area contributed by atoms with Crippen molar-refractivity contribution >= 4 is 48.9 Å². The number of carbonyl (C=O) groups excluding carboxylic acids is 1. The van der Waals surface area contributed by atoms with Gasteiger partial charge in [0.15, 0.2) is 17.3 Å². The SMILES string of the molecule is Cc1sc2c(c1C)c1nc(-c3cccnc3)nn1c(=O)n2CC(=O)c1ccc(Br)cc1. The Morgan fingerprint density at radius 3 is 2.65 bits per heavy atom. The van der Waals surface area contributed by atoms with E-state index in [1.54, 1.807) is 30.6 Å². The van der Waals surface area contributed by atoms with Crippen LogP contribution in [0, 0.1) is 13.8 Å². The van der Waals surface area contributed by atoms with E-state index in [-0.39, 0.29) is 12.3 Å². The molecule has 0 aliphatic carbocycles. The van der Waals surface area contributed by atoms with E-state index in [9.17, 15) is 9.59 Å². The molecule has 0 atom stereocenters. The second-order valence-corrected chi connectivity index (χ2v) is 9.29. The van der Waals surface area contributed by atoms with Crippen LogP contribution in [0.3, 0.4) is 0 Å². The van der Waals surface area contributed by atoms with Gasteiger partial charge in [-0.2, -0.15) is 4.52 Å². The van der Waals surface area contributed by atoms with Gasteiger partial charge in [0.25, 0.3) is 0 Å². The first-order valence-electron chi connectivity index (χ1n) is 9.52. The van der Waals surface area contributed by atoms with Crippen molar-refractivity contribution < 1.29 is 4.79 Å². The van der Waals surface area contributed by atoms with Gasteiger partial charge in [-0.15, -0.1) is 16.4 Å². The molecule has 5 rings (SSSR count). The smallest absolute Gasteiger partial charge is 0.292 e. The molecule has 1 aromatic carbocycles. The van der Waals surface area contributed by atoms with Crippen LogP contribution in [0.1, 0.15) is 20.8 Å². The van der Waals surface area contributed by atoms with Gasteiger partial charge in [0.05, 0.1) is 11.9 Å². The molecule has 4 aromatic heterocycles. The van der Waals surface area contributed by atoms with Crippen molar-refractivity contribution in [2.45, 2.75) is 20.4 Å². The number of carbonyl (C=O) groups is 1. The van der Waals surface area contributed by atoms with E-state index in [1.165, 1.54) is 20.4 Å². The van der Waals surface area contributed by atoms with Crippen molar-refractivity contribution in [3.63, 3.8) is 0 Å². The van der Waals surface area contributed by atoms with Crippen LogP contribution < -0.4 is 5.69 Å². The summed E-state index contributed by atoms with van der Waals surface area (Å²) in [7, 11) is 0. The third-order valence-electron chi connectivity index (χ3n) is 5.24. The number of aryl methyl sites for hydroxylation is 2. The molecule has 0 bridgehead atoms. The Bertz CT molecular complexity index is 1520. The summed E-state index contributed by atoms with van der Waals surface area (Å²) in [6.07, 6.45) is 3.33. The lowest BCUT2D eigenvalue weighted by Crippen LogP contribution is -2.30. The third kappa shape index (κ3) is 3.30. The van der Waals surface area contributed by atoms with Crippen molar-refractivity contribution in [1.29, 1.82) is 0 Å². The predicted molar refractivity (Wildman–Crippen MR) is 124 cm³/mol. The number of rotatable bonds is 4. The maximum atomic E-state index is 13.4. The lowest BCUT2D eigenvalue weighted by atomic mass is 10.1. The molecule has 0 saturated heterocycles. The molecule has 0 aliphatic rings. The Hall–Kier alpha value is -3.17. The molecule has 0 spiro atoms. The summed E-state index contributed by atoms with van der Waals surface area (Å²) in [6.45, 7) is 3.92. The number of ketones is 1. The van der Waals surface area contributed by atoms with Crippen LogP contribution in [0.5, 0.6) is 0 Å². The summed E-state index contributed by atoms with van der Waals surface area (Å²) in [5.74, 6) is 0.276. The Morgan fingerprint density at radius 2 is 1.94 bits per heavy atom. The molecule has 0 amide bonds. The molecule has 5 aromatic rings. The fraction of sp³-hybridized carbons (Fsp3) is 0.136. The van der Waals surface area contributed by atoms with E-state index in [4.69, 9.17) is 0 Å². The highest BCUT2D eigenvalue weighted by Gasteiger charge is 2.22. The maximum Gasteiger partial charge on any atom is 0.352 e. The van der Waals surface area contributed by atoms with E-state index in [2.05, 4.69) is 31.0 Å². The van der Waals surface area contributed by atoms with Gasteiger partial charge in [-0.25, -0.2) is 9.78 Å². The largest absolute Gasteiger partial charge is 0.352 e. The predicted octanol–water partition coefficient (Wildman–Crippen LogP) is 4.43. The van der Waals surface area contributed by atoms with Crippen LogP contribution >= 0.6 is 27.3 Å². The summed E-state index contributed by atoms with van der Waals surface area (Å²) in [5.41, 5.74) is 2.40. The van der Waals surface area contributed by atoms with Crippen molar-refractivity contribution in [2.75, 3.05) is 0 Å². The summed E-state index contributed by atoms with van der Waals surface area (Å²) < 4.78 is 3.68. The number of benzene rings is 1. The van der Waals surface area contributed by atoms with E-state index >= 15 is 0 Å². The Balaban J connectivity index is 1.73. The topological polar surface area (TPSA) is 82.2 Å². The molecular formula is C22H16BrN5O2S. The van der Waals surface area contributed by atoms with Crippen LogP contribution in [0.4, 0.5) is 0 Å². The fourth-order valence-electron chi connectivity index (χ4n) is 3.50. The van der Waals surface area contributed by atoms with Gasteiger partial charge >= 0.3 is 5.69 Å². The number of fused-ring (bicyclic) bond motifs is 3. The van der Waals surface area contributed by atoms with Crippen LogP contribution in [0.15, 0.2) is 58.1 Å². The number of hydrogen-bond donors (Lipinski definition) is 0. The minimum atomic E-state index is -0.392. The van der Waals surface area contributed by atoms with Crippen LogP contribution in [-0.4, -0.2) is 29.9 Å². The lowest BCUT2D eigenvalue weighted by Gasteiger charge is -2.08. The van der Waals surface area contributed by atoms with Crippen molar-refractivity contribution in [1.82, 2.24) is 24.1 Å². The van der Waals surface area contributed by atoms with E-state index in [0.717, 1.165) is 30.7 Å². The summed E-state index contributed by atoms with van der Waals surface area (Å²) in [5, 5.41) is 5.30. The molecule has 154 valence electrons. The quantitative estimate of drug-likeness (QED) is 0.346. The first-order chi connectivity index (χ1) is 14.9. The van der Waals surface area contributed by atoms with E-state index in [1.807, 2.05) is 32.0 Å². The molecule has 0 unspecified atom stereocenters. The second-order valence-electron chi connectivity index (χ2n) is 7.17. The zero-order chi connectivity index (χ0) is 21.7. The average Bonchev–Trinajstić information content (AvgIpc) is 3.34. The van der Waals surface area contributed by atoms with Gasteiger partial charge in [-0.05, 0) is 43.7 Å². The highest BCUT2D eigenvalue weighted by Crippen LogP contribution is 2.32. The number of hydrogen-bond acceptors (Lipinski definition) is 6. The van der Waals surface area contributed by atoms with Crippen LogP contribution in [0.25, 0.3) is 27.3 Å². The molecule has 31 heavy (non-hydrogen) atoms. The Kier molecular flexibility index (Phi) is 4.79. The third-order valence-corrected chi connectivity index (χ3v) is 7.00. The summed E-state index contributed by atoms with van der Waals surface area (Å²) >= 11 is 4.87. The standard InChI is InChI=1S/C22H16BrN5O2S/c1-12-13(2)31-21-18(12)20-25-19(15-4-3-9-24-10-15)26-28(20)22(30)27(21)11-17(29)14-5-7-16(23)8-6-14/h3-10H,11H2,1-2H3. The normalized spacial score (nSPS) is 11.5. The monoisotopic (exact) mass is 493 g/mol. The fourth-order valence-corrected chi connectivity index (χ4v) is 4.91. The number of aromatic nitrogens is 5. The van der Waals surface area contributed by atoms with Crippen LogP contribution in [0.2, 0.25) is 0 Å². The number of pyridine rings is 1. The minimum absolute atomic E-state index is 0.0750. The van der Waals surface area contributed by atoms with Gasteiger partial charge in [-0.1, -0.05) is 28.1 Å². The Morgan fingerprint density at radius 1 is 1.16 bits per heavy atom. The van der Waals surface area contributed by atoms with Gasteiger partial charge < -0.3 is 0 Å². The molecule has 7 nitrogen and oxygen atoms in total. The first kappa shape index (κ1) is 19.8. The highest BCUT2D eigenvalue weighted by molar-refractivity contribution is 9.10. The first-order valence-corrected chi connectivity index (χ1v) is 11.1. The van der Waals surface area contributed by atoms with Gasteiger partial charge in [0.1, 0.15) is 4.83 Å². The molecule has 0 aliphatic heterocycles. The lowest BCUT2D eigenvalue weighted by molar-refractivity contribution is 0.0972. The number of nitrogens with zero attached hydrogens (tertiary/aromatic N) is 5. The van der Waals surface area contributed by atoms with Gasteiger partial charge in [-0.3, -0.25) is 14.3 Å². The molecule has 0 N–H and O–H groups in total. The van der Waals surface area contributed by atoms with Crippen molar-refractivity contribution in [3.05, 3.63) is 79.8 Å². The minimum Gasteiger partial charge on any atom is -0.292 e. The molecule has 4 heterocycles. The number of thiophene rings is 1. The van der Waals surface area contributed by atoms with Gasteiger partial charge in [0.2, 0.25) is 0 Å².